The number of aliphatic carboxylic acids is 2. The second kappa shape index (κ2) is 12.4. The second-order valence-electron chi connectivity index (χ2n) is 8.33. The molecule has 1 aliphatic heterocycles. The number of fused-ring (bicyclic) bond motifs is 1. The fourth-order valence-corrected chi connectivity index (χ4v) is 7.60. The topological polar surface area (TPSA) is 166 Å². The Morgan fingerprint density at radius 3 is 2.40 bits per heavy atom. The van der Waals surface area contributed by atoms with Crippen LogP contribution in [0.2, 0.25) is 5.02 Å². The van der Waals surface area contributed by atoms with Crippen molar-refractivity contribution in [3.8, 4) is 0 Å². The minimum absolute atomic E-state index is 0.0113. The number of hydrogen-bond acceptors (Lipinski definition) is 9. The van der Waals surface area contributed by atoms with Gasteiger partial charge in [-0.3, -0.25) is 19.9 Å². The van der Waals surface area contributed by atoms with Gasteiger partial charge in [0.2, 0.25) is 14.7 Å². The average molecular weight is 623 g/mol. The van der Waals surface area contributed by atoms with Crippen molar-refractivity contribution in [2.24, 2.45) is 0 Å². The van der Waals surface area contributed by atoms with Crippen molar-refractivity contribution < 1.29 is 46.2 Å². The first-order valence-corrected chi connectivity index (χ1v) is 14.0. The summed E-state index contributed by atoms with van der Waals surface area (Å²) in [6, 6.07) is 10.1. The number of carbonyl (C=O) groups is 3. The zero-order valence-corrected chi connectivity index (χ0v) is 22.7. The summed E-state index contributed by atoms with van der Waals surface area (Å²) < 4.78 is 59.8. The smallest absolute Gasteiger partial charge is 0.480 e. The molecule has 1 atom stereocenters. The Hall–Kier alpha value is -3.47. The van der Waals surface area contributed by atoms with Crippen LogP contribution in [0.4, 0.5) is 18.9 Å². The van der Waals surface area contributed by atoms with E-state index in [4.69, 9.17) is 21.5 Å². The number of nitrogens with one attached hydrogen (secondary N) is 2. The van der Waals surface area contributed by atoms with Gasteiger partial charge in [0.25, 0.3) is 5.91 Å². The van der Waals surface area contributed by atoms with E-state index < -0.39 is 45.3 Å². The van der Waals surface area contributed by atoms with Crippen LogP contribution in [0.3, 0.4) is 0 Å². The zero-order chi connectivity index (χ0) is 29.7. The van der Waals surface area contributed by atoms with E-state index >= 15 is 0 Å². The molecule has 0 aliphatic carbocycles. The molecule has 3 aromatic rings. The molecule has 1 aliphatic rings. The number of carbonyl (C=O) groups excluding carboxylic acids is 1. The predicted octanol–water partition coefficient (Wildman–Crippen LogP) is 3.07. The van der Waals surface area contributed by atoms with Crippen molar-refractivity contribution in [2.45, 2.75) is 21.7 Å². The van der Waals surface area contributed by atoms with Crippen LogP contribution in [-0.4, -0.2) is 83.6 Å². The third kappa shape index (κ3) is 6.99. The first-order valence-electron chi connectivity index (χ1n) is 11.3. The molecule has 17 heteroatoms. The molecule has 0 spiro atoms. The molecule has 1 amide bonds. The number of carboxylic acids is 2. The minimum Gasteiger partial charge on any atom is -0.480 e. The third-order valence-corrected chi connectivity index (χ3v) is 9.83. The van der Waals surface area contributed by atoms with Crippen LogP contribution in [0.15, 0.2) is 53.0 Å². The van der Waals surface area contributed by atoms with Crippen LogP contribution in [0, 0.1) is 0 Å². The number of anilines is 1. The molecule has 3 heterocycles. The van der Waals surface area contributed by atoms with E-state index in [1.165, 1.54) is 11.0 Å². The first kappa shape index (κ1) is 31.1. The monoisotopic (exact) mass is 622 g/mol. The summed E-state index contributed by atoms with van der Waals surface area (Å²) in [6.07, 6.45) is -1.88. The molecule has 2 aromatic heterocycles. The lowest BCUT2D eigenvalue weighted by Gasteiger charge is -2.28. The molecule has 216 valence electrons. The highest BCUT2D eigenvalue weighted by Crippen LogP contribution is 2.39. The number of benzene rings is 1. The Labute approximate surface area is 234 Å². The number of alkyl halides is 3. The van der Waals surface area contributed by atoms with E-state index in [1.807, 2.05) is 0 Å². The van der Waals surface area contributed by atoms with Gasteiger partial charge in [-0.15, -0.1) is 11.3 Å². The highest BCUT2D eigenvalue weighted by molar-refractivity contribution is 7.95. The van der Waals surface area contributed by atoms with Gasteiger partial charge in [-0.1, -0.05) is 17.7 Å². The maximum atomic E-state index is 13.7. The van der Waals surface area contributed by atoms with E-state index in [0.29, 0.717) is 21.7 Å². The van der Waals surface area contributed by atoms with Crippen molar-refractivity contribution in [3.63, 3.8) is 0 Å². The summed E-state index contributed by atoms with van der Waals surface area (Å²) >= 11 is 7.03. The van der Waals surface area contributed by atoms with E-state index in [1.54, 1.807) is 42.7 Å². The molecular weight excluding hydrogens is 601 g/mol. The van der Waals surface area contributed by atoms with Gasteiger partial charge in [0.15, 0.2) is 0 Å². The predicted molar refractivity (Wildman–Crippen MR) is 140 cm³/mol. The molecule has 40 heavy (non-hydrogen) atoms. The van der Waals surface area contributed by atoms with Crippen LogP contribution >= 0.6 is 22.9 Å². The maximum absolute atomic E-state index is 13.7. The number of hydrogen-bond donors (Lipinski definition) is 4. The molecule has 0 bridgehead atoms. The SMILES string of the molecule is O=C(O)C(F)(F)F.O=C(O)CNC1(S(=O)(=O)c2cc3ccc(Cl)cc3s2)CCN(CCNc2ccncc2)C1=O. The van der Waals surface area contributed by atoms with Crippen LogP contribution in [0.5, 0.6) is 0 Å². The van der Waals surface area contributed by atoms with Gasteiger partial charge in [0.05, 0.1) is 6.54 Å². The zero-order valence-electron chi connectivity index (χ0n) is 20.3. The summed E-state index contributed by atoms with van der Waals surface area (Å²) in [7, 11) is -4.25. The third-order valence-electron chi connectivity index (χ3n) is 5.71. The van der Waals surface area contributed by atoms with E-state index in [9.17, 15) is 36.3 Å². The molecule has 0 radical (unpaired) electrons. The standard InChI is InChI=1S/C21H21ClN4O5S2.C2HF3O2/c22-15-2-1-14-11-19(32-17(14)12-15)33(30,31)21(25-13-18(27)28)5-9-26(20(21)29)10-8-24-16-3-6-23-7-4-16;3-2(4,5)1(6)7/h1-4,6-7,11-12,25H,5,8-10,13H2,(H,23,24)(H,27,28);(H,6,7). The number of sulfone groups is 1. The summed E-state index contributed by atoms with van der Waals surface area (Å²) in [5.41, 5.74) is 0.823. The van der Waals surface area contributed by atoms with Crippen molar-refractivity contribution in [1.82, 2.24) is 15.2 Å². The van der Waals surface area contributed by atoms with Gasteiger partial charge in [-0.2, -0.15) is 13.2 Å². The fourth-order valence-electron chi connectivity index (χ4n) is 3.79. The molecule has 11 nitrogen and oxygen atoms in total. The van der Waals surface area contributed by atoms with Crippen LogP contribution in [-0.2, 0) is 24.2 Å². The average Bonchev–Trinajstić information content (AvgIpc) is 3.45. The van der Waals surface area contributed by atoms with Crippen LogP contribution in [0.25, 0.3) is 10.1 Å². The number of amides is 1. The number of nitrogens with zero attached hydrogens (tertiary/aromatic N) is 2. The van der Waals surface area contributed by atoms with E-state index in [0.717, 1.165) is 17.0 Å². The van der Waals surface area contributed by atoms with Crippen LogP contribution < -0.4 is 10.6 Å². The van der Waals surface area contributed by atoms with E-state index in [2.05, 4.69) is 15.6 Å². The molecule has 1 unspecified atom stereocenters. The highest BCUT2D eigenvalue weighted by atomic mass is 35.5. The largest absolute Gasteiger partial charge is 0.490 e. The molecule has 4 N–H and O–H groups in total. The summed E-state index contributed by atoms with van der Waals surface area (Å²) in [5, 5.41) is 23.2. The number of pyridine rings is 1. The van der Waals surface area contributed by atoms with Gasteiger partial charge in [0, 0.05) is 53.9 Å². The summed E-state index contributed by atoms with van der Waals surface area (Å²) in [6.45, 7) is 0.172. The maximum Gasteiger partial charge on any atom is 0.490 e. The van der Waals surface area contributed by atoms with Crippen molar-refractivity contribution in [1.29, 1.82) is 0 Å². The van der Waals surface area contributed by atoms with Crippen molar-refractivity contribution in [2.75, 3.05) is 31.5 Å². The Kier molecular flexibility index (Phi) is 9.60. The molecular formula is C23H22ClF3N4O7S2. The van der Waals surface area contributed by atoms with Gasteiger partial charge < -0.3 is 20.4 Å². The normalized spacial score (nSPS) is 17.4. The molecule has 1 aromatic carbocycles. The number of aromatic nitrogens is 1. The molecule has 0 saturated carbocycles. The van der Waals surface area contributed by atoms with Crippen molar-refractivity contribution >= 4 is 66.4 Å². The van der Waals surface area contributed by atoms with Gasteiger partial charge >= 0.3 is 18.1 Å². The number of halogens is 4. The molecule has 4 rings (SSSR count). The Balaban J connectivity index is 0.000000559. The van der Waals surface area contributed by atoms with Crippen LogP contribution in [0.1, 0.15) is 6.42 Å². The Morgan fingerprint density at radius 1 is 1.15 bits per heavy atom. The first-order chi connectivity index (χ1) is 18.7. The number of rotatable bonds is 9. The number of carboxylic acid groups (broad SMARTS) is 2. The fraction of sp³-hybridized carbons (Fsp3) is 0.304. The minimum atomic E-state index is -5.08. The highest BCUT2D eigenvalue weighted by Gasteiger charge is 2.57. The van der Waals surface area contributed by atoms with E-state index in [-0.39, 0.29) is 23.7 Å². The Morgan fingerprint density at radius 2 is 1.80 bits per heavy atom. The lowest BCUT2D eigenvalue weighted by Crippen LogP contribution is -2.58. The number of thiophene rings is 1. The van der Waals surface area contributed by atoms with Gasteiger partial charge in [-0.25, -0.2) is 13.2 Å². The van der Waals surface area contributed by atoms with Gasteiger partial charge in [0.1, 0.15) is 4.21 Å². The second-order valence-corrected chi connectivity index (χ2v) is 12.3. The number of likely N-dealkylation sites (tertiary alicyclic amines) is 1. The van der Waals surface area contributed by atoms with Crippen molar-refractivity contribution in [3.05, 3.63) is 53.8 Å². The summed E-state index contributed by atoms with van der Waals surface area (Å²) in [5.74, 6) is -4.67. The molecule has 1 fully saturated rings. The van der Waals surface area contributed by atoms with Gasteiger partial charge in [-0.05, 0) is 35.7 Å². The quantitative estimate of drug-likeness (QED) is 0.279. The lowest BCUT2D eigenvalue weighted by molar-refractivity contribution is -0.192. The Bertz CT molecular complexity index is 1500. The molecule has 1 saturated heterocycles. The summed E-state index contributed by atoms with van der Waals surface area (Å²) in [4.78, 5) is 36.9. The lowest BCUT2D eigenvalue weighted by atomic mass is 10.2.